The first-order valence-electron chi connectivity index (χ1n) is 6.07. The van der Waals surface area contributed by atoms with E-state index in [0.717, 1.165) is 32.8 Å². The number of rotatable bonds is 2. The Hall–Kier alpha value is -0.860. The fraction of sp³-hybridized carbons (Fsp3) is 0.250. The molecule has 19 heavy (non-hydrogen) atoms. The highest BCUT2D eigenvalue weighted by Gasteiger charge is 2.18. The molecule has 2 aromatic carbocycles. The second-order valence-electron chi connectivity index (χ2n) is 4.82. The van der Waals surface area contributed by atoms with E-state index in [2.05, 4.69) is 15.9 Å². The molecule has 0 heterocycles. The summed E-state index contributed by atoms with van der Waals surface area (Å²) in [5.41, 5.74) is 5.30. The first-order chi connectivity index (χ1) is 8.90. The van der Waals surface area contributed by atoms with Crippen LogP contribution in [0.5, 0.6) is 0 Å². The van der Waals surface area contributed by atoms with E-state index in [0.29, 0.717) is 0 Å². The number of alkyl halides is 1. The maximum absolute atomic E-state index is 13.4. The molecule has 2 aromatic rings. The molecule has 0 saturated heterocycles. The quantitative estimate of drug-likeness (QED) is 0.598. The van der Waals surface area contributed by atoms with Gasteiger partial charge in [0.05, 0.1) is 4.83 Å². The van der Waals surface area contributed by atoms with Gasteiger partial charge in [-0.3, -0.25) is 0 Å². The van der Waals surface area contributed by atoms with Crippen molar-refractivity contribution in [2.75, 3.05) is 0 Å². The summed E-state index contributed by atoms with van der Waals surface area (Å²) in [6, 6.07) is 8.98. The highest BCUT2D eigenvalue weighted by atomic mass is 79.9. The molecule has 0 aliphatic rings. The second kappa shape index (κ2) is 5.64. The fourth-order valence-corrected chi connectivity index (χ4v) is 3.86. The summed E-state index contributed by atoms with van der Waals surface area (Å²) in [4.78, 5) is 0.0466. The van der Waals surface area contributed by atoms with Crippen molar-refractivity contribution in [2.45, 2.75) is 25.6 Å². The van der Waals surface area contributed by atoms with Crippen LogP contribution in [0.3, 0.4) is 0 Å². The molecule has 1 atom stereocenters. The maximum atomic E-state index is 13.4. The molecule has 0 amide bonds. The lowest BCUT2D eigenvalue weighted by molar-refractivity contribution is 0.624. The highest BCUT2D eigenvalue weighted by molar-refractivity contribution is 9.09. The van der Waals surface area contributed by atoms with Crippen molar-refractivity contribution in [3.63, 3.8) is 0 Å². The summed E-state index contributed by atoms with van der Waals surface area (Å²) in [5.74, 6) is -0.189. The second-order valence-corrected chi connectivity index (χ2v) is 6.17. The predicted molar refractivity (Wildman–Crippen MR) is 82.8 cm³/mol. The van der Waals surface area contributed by atoms with Crippen LogP contribution in [0.2, 0.25) is 5.02 Å². The van der Waals surface area contributed by atoms with Gasteiger partial charge in [0.1, 0.15) is 5.82 Å². The third-order valence-corrected chi connectivity index (χ3v) is 4.50. The zero-order chi connectivity index (χ0) is 14.2. The summed E-state index contributed by atoms with van der Waals surface area (Å²) in [7, 11) is 0. The Morgan fingerprint density at radius 3 is 2.11 bits per heavy atom. The van der Waals surface area contributed by atoms with E-state index < -0.39 is 0 Å². The topological polar surface area (TPSA) is 0 Å². The van der Waals surface area contributed by atoms with E-state index in [1.165, 1.54) is 0 Å². The van der Waals surface area contributed by atoms with Crippen molar-refractivity contribution in [3.8, 4) is 0 Å². The largest absolute Gasteiger partial charge is 0.207 e. The third-order valence-electron chi connectivity index (χ3n) is 3.32. The van der Waals surface area contributed by atoms with Crippen molar-refractivity contribution in [2.24, 2.45) is 0 Å². The van der Waals surface area contributed by atoms with Crippen LogP contribution >= 0.6 is 27.5 Å². The van der Waals surface area contributed by atoms with Crippen LogP contribution in [0.25, 0.3) is 0 Å². The lowest BCUT2D eigenvalue weighted by Crippen LogP contribution is -2.02. The molecule has 0 aliphatic carbocycles. The average Bonchev–Trinajstić information content (AvgIpc) is 2.26. The minimum absolute atomic E-state index is 0.0466. The van der Waals surface area contributed by atoms with Gasteiger partial charge in [-0.1, -0.05) is 33.6 Å². The summed E-state index contributed by atoms with van der Waals surface area (Å²) in [5, 5.41) is 0.730. The van der Waals surface area contributed by atoms with Gasteiger partial charge < -0.3 is 0 Å². The Morgan fingerprint density at radius 1 is 1.00 bits per heavy atom. The molecule has 1 unspecified atom stereocenters. The van der Waals surface area contributed by atoms with Gasteiger partial charge in [-0.25, -0.2) is 4.39 Å². The van der Waals surface area contributed by atoms with Gasteiger partial charge in [0.15, 0.2) is 0 Å². The smallest absolute Gasteiger partial charge is 0.123 e. The van der Waals surface area contributed by atoms with Gasteiger partial charge in [0.2, 0.25) is 0 Å². The number of halogens is 3. The van der Waals surface area contributed by atoms with Gasteiger partial charge >= 0.3 is 0 Å². The normalized spacial score (nSPS) is 12.5. The monoisotopic (exact) mass is 340 g/mol. The fourth-order valence-electron chi connectivity index (χ4n) is 2.40. The molecule has 2 rings (SSSR count). The molecule has 0 nitrogen and oxygen atoms in total. The molecular weight excluding hydrogens is 327 g/mol. The van der Waals surface area contributed by atoms with Crippen LogP contribution in [0, 0.1) is 26.6 Å². The van der Waals surface area contributed by atoms with Crippen molar-refractivity contribution in [1.82, 2.24) is 0 Å². The van der Waals surface area contributed by atoms with Crippen LogP contribution in [0.15, 0.2) is 30.3 Å². The molecule has 0 spiro atoms. The van der Waals surface area contributed by atoms with Crippen LogP contribution in [0.1, 0.15) is 32.6 Å². The first-order valence-corrected chi connectivity index (χ1v) is 7.36. The van der Waals surface area contributed by atoms with Crippen molar-refractivity contribution >= 4 is 27.5 Å². The Kier molecular flexibility index (Phi) is 4.32. The molecule has 0 N–H and O–H groups in total. The van der Waals surface area contributed by atoms with Crippen LogP contribution in [-0.4, -0.2) is 0 Å². The van der Waals surface area contributed by atoms with E-state index in [1.54, 1.807) is 12.1 Å². The Balaban J connectivity index is 2.53. The van der Waals surface area contributed by atoms with Crippen molar-refractivity contribution < 1.29 is 4.39 Å². The van der Waals surface area contributed by atoms with Crippen molar-refractivity contribution in [3.05, 3.63) is 69.0 Å². The van der Waals surface area contributed by atoms with Gasteiger partial charge in [0, 0.05) is 5.02 Å². The van der Waals surface area contributed by atoms with Gasteiger partial charge in [-0.2, -0.15) is 0 Å². The standard InChI is InChI=1S/C16H15BrClF/c1-9-6-12(18)4-5-14(9)16(17)15-10(2)7-13(19)8-11(15)3/h4-8,16H,1-3H3. The van der Waals surface area contributed by atoms with E-state index >= 15 is 0 Å². The molecule has 0 fully saturated rings. The number of hydrogen-bond donors (Lipinski definition) is 0. The average molecular weight is 342 g/mol. The Morgan fingerprint density at radius 2 is 1.58 bits per heavy atom. The molecule has 0 aromatic heterocycles. The number of hydrogen-bond acceptors (Lipinski definition) is 0. The van der Waals surface area contributed by atoms with E-state index in [1.807, 2.05) is 39.0 Å². The molecule has 3 heteroatoms. The summed E-state index contributed by atoms with van der Waals surface area (Å²) < 4.78 is 13.4. The van der Waals surface area contributed by atoms with Crippen LogP contribution < -0.4 is 0 Å². The van der Waals surface area contributed by atoms with Gasteiger partial charge in [-0.05, 0) is 72.9 Å². The molecular formula is C16H15BrClF. The Bertz CT molecular complexity index is 599. The summed E-state index contributed by atoms with van der Waals surface area (Å²) >= 11 is 9.72. The molecule has 0 bridgehead atoms. The van der Waals surface area contributed by atoms with Crippen LogP contribution in [-0.2, 0) is 0 Å². The van der Waals surface area contributed by atoms with Crippen LogP contribution in [0.4, 0.5) is 4.39 Å². The number of aryl methyl sites for hydroxylation is 3. The number of benzene rings is 2. The molecule has 100 valence electrons. The lowest BCUT2D eigenvalue weighted by atomic mass is 9.94. The summed E-state index contributed by atoms with van der Waals surface area (Å²) in [6.45, 7) is 5.90. The summed E-state index contributed by atoms with van der Waals surface area (Å²) in [6.07, 6.45) is 0. The molecule has 0 radical (unpaired) electrons. The third kappa shape index (κ3) is 3.01. The SMILES string of the molecule is Cc1cc(Cl)ccc1C(Br)c1c(C)cc(F)cc1C. The van der Waals surface area contributed by atoms with E-state index in [4.69, 9.17) is 11.6 Å². The minimum atomic E-state index is -0.189. The Labute approximate surface area is 126 Å². The highest BCUT2D eigenvalue weighted by Crippen LogP contribution is 2.37. The van der Waals surface area contributed by atoms with Gasteiger partial charge in [-0.15, -0.1) is 0 Å². The maximum Gasteiger partial charge on any atom is 0.123 e. The first kappa shape index (κ1) is 14.5. The van der Waals surface area contributed by atoms with Crippen molar-refractivity contribution in [1.29, 1.82) is 0 Å². The lowest BCUT2D eigenvalue weighted by Gasteiger charge is -2.18. The minimum Gasteiger partial charge on any atom is -0.207 e. The zero-order valence-corrected chi connectivity index (χ0v) is 13.4. The van der Waals surface area contributed by atoms with E-state index in [-0.39, 0.29) is 10.6 Å². The van der Waals surface area contributed by atoms with E-state index in [9.17, 15) is 4.39 Å². The zero-order valence-electron chi connectivity index (χ0n) is 11.1. The molecule has 0 saturated carbocycles. The van der Waals surface area contributed by atoms with Gasteiger partial charge in [0.25, 0.3) is 0 Å². The predicted octanol–water partition coefficient (Wildman–Crippen LogP) is 5.89. The molecule has 0 aliphatic heterocycles.